The summed E-state index contributed by atoms with van der Waals surface area (Å²) in [6.45, 7) is 3.83. The fourth-order valence-electron chi connectivity index (χ4n) is 3.56. The SMILES string of the molecule is C=C1[N-]C(c2ccccc2)(c2ccccc2)N1.[W+2].c1ccc2c(c1)[CH-]CC2. The Morgan fingerprint density at radius 1 is 0.815 bits per heavy atom. The van der Waals surface area contributed by atoms with Gasteiger partial charge in [-0.1, -0.05) is 85.4 Å². The van der Waals surface area contributed by atoms with Gasteiger partial charge in [-0.05, 0) is 11.1 Å². The molecule has 1 N–H and O–H groups in total. The molecule has 134 valence electrons. The van der Waals surface area contributed by atoms with Crippen LogP contribution < -0.4 is 5.32 Å². The summed E-state index contributed by atoms with van der Waals surface area (Å²) in [5, 5.41) is 7.92. The first-order valence-corrected chi connectivity index (χ1v) is 9.00. The minimum absolute atomic E-state index is 0. The van der Waals surface area contributed by atoms with Crippen LogP contribution in [0.25, 0.3) is 5.32 Å². The maximum absolute atomic E-state index is 4.59. The van der Waals surface area contributed by atoms with E-state index in [1.807, 2.05) is 36.4 Å². The maximum Gasteiger partial charge on any atom is 2.00 e. The van der Waals surface area contributed by atoms with Crippen LogP contribution in [0.4, 0.5) is 0 Å². The van der Waals surface area contributed by atoms with Crippen molar-refractivity contribution in [1.29, 1.82) is 0 Å². The Morgan fingerprint density at radius 3 is 1.85 bits per heavy atom. The van der Waals surface area contributed by atoms with Gasteiger partial charge in [-0.15, -0.1) is 24.3 Å². The standard InChI is InChI=1S/C15H13N2.C9H9.W/c1-12-16-15(17-12,13-8-4-2-5-9-13)14-10-6-3-7-11-14;1-2-5-9-7-3-6-8(9)4-1;/h2-11,16H,1H2;1-2,4-6H,3,7H2;/q2*-1;+2. The smallest absolute Gasteiger partial charge is 0.470 e. The second kappa shape index (κ2) is 8.50. The number of fused-ring (bicyclic) bond motifs is 1. The number of hydrogen-bond acceptors (Lipinski definition) is 1. The predicted molar refractivity (Wildman–Crippen MR) is 107 cm³/mol. The number of nitrogens with zero attached hydrogens (tertiary/aromatic N) is 1. The molecule has 3 aromatic carbocycles. The minimum Gasteiger partial charge on any atom is -0.470 e. The molecule has 5 rings (SSSR count). The summed E-state index contributed by atoms with van der Waals surface area (Å²) in [5.74, 6) is 0.734. The van der Waals surface area contributed by atoms with Crippen molar-refractivity contribution in [2.24, 2.45) is 0 Å². The van der Waals surface area contributed by atoms with Crippen molar-refractivity contribution in [3.63, 3.8) is 0 Å². The summed E-state index contributed by atoms with van der Waals surface area (Å²) in [6, 6.07) is 29.0. The first-order valence-electron chi connectivity index (χ1n) is 9.00. The third-order valence-corrected chi connectivity index (χ3v) is 4.84. The Bertz CT molecular complexity index is 818. The predicted octanol–water partition coefficient (Wildman–Crippen LogP) is 5.52. The van der Waals surface area contributed by atoms with E-state index >= 15 is 0 Å². The summed E-state index contributed by atoms with van der Waals surface area (Å²) in [6.07, 6.45) is 4.78. The van der Waals surface area contributed by atoms with E-state index in [0.717, 1.165) is 16.9 Å². The van der Waals surface area contributed by atoms with Gasteiger partial charge >= 0.3 is 21.1 Å². The van der Waals surface area contributed by atoms with E-state index in [0.29, 0.717) is 0 Å². The number of rotatable bonds is 2. The largest absolute Gasteiger partial charge is 2.00 e. The number of benzene rings is 3. The van der Waals surface area contributed by atoms with E-state index in [2.05, 4.69) is 72.2 Å². The van der Waals surface area contributed by atoms with Gasteiger partial charge in [0.05, 0.1) is 0 Å². The van der Waals surface area contributed by atoms with Gasteiger partial charge in [0, 0.05) is 5.66 Å². The molecule has 2 nitrogen and oxygen atoms in total. The van der Waals surface area contributed by atoms with E-state index in [4.69, 9.17) is 0 Å². The molecule has 1 aliphatic carbocycles. The van der Waals surface area contributed by atoms with E-state index in [1.165, 1.54) is 24.0 Å². The van der Waals surface area contributed by atoms with Crippen molar-refractivity contribution in [2.45, 2.75) is 18.5 Å². The van der Waals surface area contributed by atoms with Crippen LogP contribution in [0.5, 0.6) is 0 Å². The van der Waals surface area contributed by atoms with Crippen LogP contribution in [-0.2, 0) is 33.1 Å². The van der Waals surface area contributed by atoms with Crippen LogP contribution in [0.3, 0.4) is 0 Å². The van der Waals surface area contributed by atoms with E-state index in [1.54, 1.807) is 0 Å². The summed E-state index contributed by atoms with van der Waals surface area (Å²) >= 11 is 0. The first kappa shape index (κ1) is 19.3. The molecule has 0 aromatic heterocycles. The van der Waals surface area contributed by atoms with Gasteiger partial charge in [0.2, 0.25) is 0 Å². The zero-order valence-electron chi connectivity index (χ0n) is 15.1. The van der Waals surface area contributed by atoms with Crippen LogP contribution in [0.1, 0.15) is 28.7 Å². The van der Waals surface area contributed by atoms with Crippen LogP contribution >= 0.6 is 0 Å². The molecule has 0 bridgehead atoms. The number of hydrogen-bond donors (Lipinski definition) is 1. The fourth-order valence-corrected chi connectivity index (χ4v) is 3.56. The van der Waals surface area contributed by atoms with Gasteiger partial charge < -0.3 is 10.6 Å². The second-order valence-electron chi connectivity index (χ2n) is 6.57. The Morgan fingerprint density at radius 2 is 1.33 bits per heavy atom. The van der Waals surface area contributed by atoms with Gasteiger partial charge in [-0.2, -0.15) is 18.1 Å². The molecule has 0 radical (unpaired) electrons. The molecule has 0 amide bonds. The molecule has 3 aromatic rings. The quantitative estimate of drug-likeness (QED) is 0.441. The van der Waals surface area contributed by atoms with Crippen molar-refractivity contribution in [1.82, 2.24) is 5.32 Å². The molecular weight excluding hydrogens is 500 g/mol. The molecule has 1 fully saturated rings. The topological polar surface area (TPSA) is 26.1 Å². The van der Waals surface area contributed by atoms with Gasteiger partial charge in [0.25, 0.3) is 0 Å². The number of nitrogens with one attached hydrogen (secondary N) is 1. The zero-order chi connectivity index (χ0) is 17.8. The van der Waals surface area contributed by atoms with Gasteiger partial charge in [-0.3, -0.25) is 0 Å². The normalized spacial score (nSPS) is 15.3. The van der Waals surface area contributed by atoms with Gasteiger partial charge in [0.1, 0.15) is 0 Å². The molecule has 0 saturated carbocycles. The van der Waals surface area contributed by atoms with Crippen LogP contribution in [0.15, 0.2) is 97.3 Å². The Balaban J connectivity index is 0.000000178. The summed E-state index contributed by atoms with van der Waals surface area (Å²) in [4.78, 5) is 0. The second-order valence-corrected chi connectivity index (χ2v) is 6.57. The van der Waals surface area contributed by atoms with Crippen molar-refractivity contribution < 1.29 is 21.1 Å². The van der Waals surface area contributed by atoms with E-state index in [9.17, 15) is 0 Å². The van der Waals surface area contributed by atoms with Gasteiger partial charge in [0.15, 0.2) is 0 Å². The molecule has 0 atom stereocenters. The van der Waals surface area contributed by atoms with Crippen molar-refractivity contribution in [3.05, 3.63) is 131 Å². The molecule has 1 heterocycles. The summed E-state index contributed by atoms with van der Waals surface area (Å²) in [7, 11) is 0. The van der Waals surface area contributed by atoms with E-state index < -0.39 is 5.66 Å². The monoisotopic (exact) mass is 522 g/mol. The molecule has 1 saturated heterocycles. The van der Waals surface area contributed by atoms with E-state index in [-0.39, 0.29) is 21.1 Å². The molecule has 3 heteroatoms. The molecule has 27 heavy (non-hydrogen) atoms. The first-order chi connectivity index (χ1) is 12.8. The third kappa shape index (κ3) is 3.96. The summed E-state index contributed by atoms with van der Waals surface area (Å²) in [5.41, 5.74) is 4.78. The summed E-state index contributed by atoms with van der Waals surface area (Å²) < 4.78 is 0. The third-order valence-electron chi connectivity index (χ3n) is 4.84. The van der Waals surface area contributed by atoms with Gasteiger partial charge in [-0.25, -0.2) is 0 Å². The number of aryl methyl sites for hydroxylation is 1. The minimum atomic E-state index is -0.445. The Kier molecular flexibility index (Phi) is 6.08. The van der Waals surface area contributed by atoms with Crippen molar-refractivity contribution in [3.8, 4) is 0 Å². The molecular formula is C24H22N2W. The molecule has 0 spiro atoms. The zero-order valence-corrected chi connectivity index (χ0v) is 18.1. The molecule has 1 aliphatic heterocycles. The molecule has 2 aliphatic rings. The van der Waals surface area contributed by atoms with Crippen LogP contribution in [0.2, 0.25) is 0 Å². The Labute approximate surface area is 176 Å². The van der Waals surface area contributed by atoms with Crippen LogP contribution in [0, 0.1) is 6.42 Å². The average Bonchev–Trinajstić information content (AvgIpc) is 3.16. The fraction of sp³-hybridized carbons (Fsp3) is 0.125. The Hall–Kier alpha value is -2.44. The van der Waals surface area contributed by atoms with Crippen molar-refractivity contribution in [2.75, 3.05) is 0 Å². The average molecular weight is 522 g/mol. The maximum atomic E-state index is 4.59. The van der Waals surface area contributed by atoms with Crippen molar-refractivity contribution >= 4 is 0 Å². The molecule has 0 unspecified atom stereocenters. The van der Waals surface area contributed by atoms with Crippen LogP contribution in [-0.4, -0.2) is 0 Å².